The molecule has 7 heteroatoms. The number of carbonyl (C=O) groups excluding carboxylic acids is 1. The molecule has 146 valence electrons. The van der Waals surface area contributed by atoms with Gasteiger partial charge in [0.05, 0.1) is 16.9 Å². The summed E-state index contributed by atoms with van der Waals surface area (Å²) in [5.41, 5.74) is 1.90. The molecule has 1 heterocycles. The summed E-state index contributed by atoms with van der Waals surface area (Å²) < 4.78 is 30.0. The van der Waals surface area contributed by atoms with Gasteiger partial charge in [0.1, 0.15) is 17.3 Å². The highest BCUT2D eigenvalue weighted by Gasteiger charge is 2.16. The Morgan fingerprint density at radius 1 is 1.03 bits per heavy atom. The predicted octanol–water partition coefficient (Wildman–Crippen LogP) is 5.28. The molecule has 0 bridgehead atoms. The van der Waals surface area contributed by atoms with Crippen molar-refractivity contribution in [1.29, 1.82) is 0 Å². The number of fused-ring (bicyclic) bond motifs is 1. The highest BCUT2D eigenvalue weighted by molar-refractivity contribution is 7.16. The molecular weight excluding hydrogens is 395 g/mol. The molecule has 4 aromatic rings. The van der Waals surface area contributed by atoms with Gasteiger partial charge in [0.15, 0.2) is 5.58 Å². The molecule has 0 amide bonds. The van der Waals surface area contributed by atoms with Crippen LogP contribution in [0.5, 0.6) is 11.5 Å². The molecule has 0 saturated carbocycles. The van der Waals surface area contributed by atoms with E-state index in [-0.39, 0.29) is 11.6 Å². The fraction of sp³-hybridized carbons (Fsp3) is 0.0909. The molecule has 0 aliphatic heterocycles. The van der Waals surface area contributed by atoms with Crippen molar-refractivity contribution < 1.29 is 23.1 Å². The lowest BCUT2D eigenvalue weighted by Gasteiger charge is -2.09. The minimum atomic E-state index is -0.548. The zero-order valence-corrected chi connectivity index (χ0v) is 16.1. The molecule has 0 aliphatic rings. The van der Waals surface area contributed by atoms with Crippen molar-refractivity contribution in [1.82, 2.24) is 0 Å². The monoisotopic (exact) mass is 410 g/mol. The molecule has 29 heavy (non-hydrogen) atoms. The van der Waals surface area contributed by atoms with Crippen LogP contribution in [0.1, 0.15) is 17.3 Å². The minimum absolute atomic E-state index is 0.257. The first-order valence-corrected chi connectivity index (χ1v) is 9.64. The molecule has 5 nitrogen and oxygen atoms in total. The molecule has 0 fully saturated rings. The van der Waals surface area contributed by atoms with E-state index in [2.05, 4.69) is 0 Å². The molecule has 0 atom stereocenters. The van der Waals surface area contributed by atoms with E-state index in [9.17, 15) is 14.0 Å². The van der Waals surface area contributed by atoms with Crippen molar-refractivity contribution >= 4 is 27.6 Å². The van der Waals surface area contributed by atoms with Crippen LogP contribution >= 0.6 is 11.3 Å². The largest absolute Gasteiger partial charge is 0.494 e. The van der Waals surface area contributed by atoms with Gasteiger partial charge < -0.3 is 13.9 Å². The first kappa shape index (κ1) is 18.9. The van der Waals surface area contributed by atoms with Crippen molar-refractivity contribution in [3.05, 3.63) is 81.8 Å². The van der Waals surface area contributed by atoms with Crippen LogP contribution in [0.2, 0.25) is 0 Å². The van der Waals surface area contributed by atoms with Gasteiger partial charge in [-0.05, 0) is 55.0 Å². The van der Waals surface area contributed by atoms with E-state index in [4.69, 9.17) is 13.9 Å². The molecule has 0 radical (unpaired) electrons. The minimum Gasteiger partial charge on any atom is -0.494 e. The van der Waals surface area contributed by atoms with Gasteiger partial charge in [-0.2, -0.15) is 0 Å². The number of hydrogen-bond acceptors (Lipinski definition) is 6. The Balaban J connectivity index is 1.69. The third-order valence-corrected chi connectivity index (χ3v) is 4.95. The summed E-state index contributed by atoms with van der Waals surface area (Å²) in [6, 6.07) is 15.5. The fourth-order valence-electron chi connectivity index (χ4n) is 2.87. The van der Waals surface area contributed by atoms with Gasteiger partial charge >= 0.3 is 10.9 Å². The van der Waals surface area contributed by atoms with Crippen molar-refractivity contribution in [3.8, 4) is 22.6 Å². The maximum atomic E-state index is 13.3. The van der Waals surface area contributed by atoms with Gasteiger partial charge in [0.2, 0.25) is 0 Å². The number of halogens is 1. The van der Waals surface area contributed by atoms with Crippen LogP contribution < -0.4 is 14.4 Å². The Hall–Kier alpha value is -3.45. The van der Waals surface area contributed by atoms with Gasteiger partial charge in [0.25, 0.3) is 0 Å². The molecule has 3 aromatic carbocycles. The highest BCUT2D eigenvalue weighted by Crippen LogP contribution is 2.34. The van der Waals surface area contributed by atoms with Gasteiger partial charge in [-0.1, -0.05) is 23.5 Å². The topological polar surface area (TPSA) is 65.7 Å². The van der Waals surface area contributed by atoms with Gasteiger partial charge in [-0.15, -0.1) is 0 Å². The summed E-state index contributed by atoms with van der Waals surface area (Å²) >= 11 is 0.904. The van der Waals surface area contributed by atoms with E-state index in [0.717, 1.165) is 11.3 Å². The second-order valence-electron chi connectivity index (χ2n) is 6.11. The van der Waals surface area contributed by atoms with E-state index < -0.39 is 10.9 Å². The standard InChI is InChI=1S/C22H15FO5S/c1-2-26-16-9-5-14(6-10-16)21(24)27-17-11-18(13-3-7-15(23)8-4-13)20-19(12-17)29-22(25)28-20/h3-12H,2H2,1H3. The number of hydrogen-bond donors (Lipinski definition) is 0. The van der Waals surface area contributed by atoms with Crippen molar-refractivity contribution in [2.24, 2.45) is 0 Å². The molecule has 0 unspecified atom stereocenters. The molecule has 4 rings (SSSR count). The van der Waals surface area contributed by atoms with Crippen LogP contribution in [0.25, 0.3) is 21.4 Å². The number of carbonyl (C=O) groups is 1. The van der Waals surface area contributed by atoms with E-state index >= 15 is 0 Å². The first-order valence-electron chi connectivity index (χ1n) is 8.82. The Bertz CT molecular complexity index is 1220. The van der Waals surface area contributed by atoms with Crippen molar-refractivity contribution in [2.75, 3.05) is 6.61 Å². The van der Waals surface area contributed by atoms with Crippen LogP contribution in [0, 0.1) is 5.82 Å². The SMILES string of the molecule is CCOc1ccc(C(=O)Oc2cc(-c3ccc(F)cc3)c3oc(=O)sc3c2)cc1. The summed E-state index contributed by atoms with van der Waals surface area (Å²) in [6.07, 6.45) is 0. The number of ether oxygens (including phenoxy) is 2. The summed E-state index contributed by atoms with van der Waals surface area (Å²) in [4.78, 5) is 23.8. The quantitative estimate of drug-likeness (QED) is 0.331. The average molecular weight is 410 g/mol. The third-order valence-electron chi connectivity index (χ3n) is 4.17. The molecule has 0 aliphatic carbocycles. The fourth-order valence-corrected chi connectivity index (χ4v) is 3.60. The maximum Gasteiger partial charge on any atom is 0.396 e. The van der Waals surface area contributed by atoms with E-state index in [1.54, 1.807) is 48.5 Å². The number of esters is 1. The van der Waals surface area contributed by atoms with Gasteiger partial charge in [-0.3, -0.25) is 0 Å². The lowest BCUT2D eigenvalue weighted by atomic mass is 10.0. The van der Waals surface area contributed by atoms with E-state index in [0.29, 0.717) is 39.3 Å². The molecule has 1 aromatic heterocycles. The maximum absolute atomic E-state index is 13.3. The second-order valence-corrected chi connectivity index (χ2v) is 7.08. The summed E-state index contributed by atoms with van der Waals surface area (Å²) in [5.74, 6) is -0.0110. The average Bonchev–Trinajstić information content (AvgIpc) is 3.09. The van der Waals surface area contributed by atoms with Crippen LogP contribution in [0.3, 0.4) is 0 Å². The lowest BCUT2D eigenvalue weighted by Crippen LogP contribution is -2.08. The van der Waals surface area contributed by atoms with E-state index in [1.165, 1.54) is 12.1 Å². The number of rotatable bonds is 5. The molecular formula is C22H15FO5S. The molecule has 0 spiro atoms. The Morgan fingerprint density at radius 3 is 2.45 bits per heavy atom. The van der Waals surface area contributed by atoms with Crippen LogP contribution in [-0.4, -0.2) is 12.6 Å². The number of benzene rings is 3. The smallest absolute Gasteiger partial charge is 0.396 e. The zero-order valence-electron chi connectivity index (χ0n) is 15.3. The summed E-state index contributed by atoms with van der Waals surface area (Å²) in [6.45, 7) is 2.41. The van der Waals surface area contributed by atoms with Crippen LogP contribution in [0.4, 0.5) is 4.39 Å². The molecule has 0 saturated heterocycles. The van der Waals surface area contributed by atoms with Crippen molar-refractivity contribution in [3.63, 3.8) is 0 Å². The highest BCUT2D eigenvalue weighted by atomic mass is 32.1. The second kappa shape index (κ2) is 7.89. The lowest BCUT2D eigenvalue weighted by molar-refractivity contribution is 0.0735. The predicted molar refractivity (Wildman–Crippen MR) is 108 cm³/mol. The Labute approximate surface area is 168 Å². The van der Waals surface area contributed by atoms with Gasteiger partial charge in [-0.25, -0.2) is 14.0 Å². The zero-order chi connectivity index (χ0) is 20.4. The molecule has 0 N–H and O–H groups in total. The van der Waals surface area contributed by atoms with Gasteiger partial charge in [0, 0.05) is 11.6 Å². The first-order chi connectivity index (χ1) is 14.0. The third kappa shape index (κ3) is 4.05. The van der Waals surface area contributed by atoms with Crippen LogP contribution in [0.15, 0.2) is 69.9 Å². The van der Waals surface area contributed by atoms with Crippen LogP contribution in [-0.2, 0) is 0 Å². The van der Waals surface area contributed by atoms with Crippen molar-refractivity contribution in [2.45, 2.75) is 6.92 Å². The Morgan fingerprint density at radius 2 is 1.76 bits per heavy atom. The normalized spacial score (nSPS) is 10.8. The Kier molecular flexibility index (Phi) is 5.14. The van der Waals surface area contributed by atoms with E-state index in [1.807, 2.05) is 6.92 Å². The summed E-state index contributed by atoms with van der Waals surface area (Å²) in [7, 11) is 0. The summed E-state index contributed by atoms with van der Waals surface area (Å²) in [5, 5.41) is 0.